The van der Waals surface area contributed by atoms with E-state index in [2.05, 4.69) is 39.6 Å². The number of ether oxygens (including phenoxy) is 1. The molecule has 0 radical (unpaired) electrons. The standard InChI is InChI=1S/C25H21N3O4S/c1-15-20(27-23(32-15)19-8-7-17-4-2-3-5-18(17)13-19)10-11-31-22-9-6-16(14-26-22)12-21-24(29)33-25(30)28-21/h2-9,13-14,21H,10-12H2,1H3,(H,28,30). The van der Waals surface area contributed by atoms with E-state index < -0.39 is 6.04 Å². The van der Waals surface area contributed by atoms with Gasteiger partial charge in [-0.3, -0.25) is 9.59 Å². The number of carbonyl (C=O) groups is 2. The average Bonchev–Trinajstić information content (AvgIpc) is 3.35. The highest BCUT2D eigenvalue weighted by atomic mass is 32.2. The van der Waals surface area contributed by atoms with E-state index >= 15 is 0 Å². The van der Waals surface area contributed by atoms with Crippen LogP contribution in [0.25, 0.3) is 22.2 Å². The van der Waals surface area contributed by atoms with Crippen LogP contribution in [0.3, 0.4) is 0 Å². The molecule has 1 fully saturated rings. The summed E-state index contributed by atoms with van der Waals surface area (Å²) in [5.74, 6) is 1.86. The average molecular weight is 460 g/mol. The van der Waals surface area contributed by atoms with Crippen LogP contribution >= 0.6 is 11.8 Å². The molecule has 0 aliphatic carbocycles. The number of rotatable bonds is 7. The van der Waals surface area contributed by atoms with E-state index in [1.807, 2.05) is 31.2 Å². The van der Waals surface area contributed by atoms with Gasteiger partial charge in [0.25, 0.3) is 5.24 Å². The van der Waals surface area contributed by atoms with Crippen molar-refractivity contribution in [3.8, 4) is 17.3 Å². The van der Waals surface area contributed by atoms with Crippen LogP contribution in [0, 0.1) is 6.92 Å². The van der Waals surface area contributed by atoms with Crippen LogP contribution in [0.4, 0.5) is 4.79 Å². The fraction of sp³-hybridized carbons (Fsp3) is 0.200. The van der Waals surface area contributed by atoms with E-state index in [0.717, 1.165) is 28.0 Å². The van der Waals surface area contributed by atoms with Crippen molar-refractivity contribution < 1.29 is 18.7 Å². The number of nitrogens with zero attached hydrogens (tertiary/aromatic N) is 2. The second-order valence-electron chi connectivity index (χ2n) is 7.80. The predicted octanol–water partition coefficient (Wildman–Crippen LogP) is 4.71. The molecule has 3 heterocycles. The Bertz CT molecular complexity index is 1330. The van der Waals surface area contributed by atoms with E-state index in [1.54, 1.807) is 12.3 Å². The molecule has 1 unspecified atom stereocenters. The van der Waals surface area contributed by atoms with Gasteiger partial charge in [-0.05, 0) is 35.4 Å². The van der Waals surface area contributed by atoms with Crippen LogP contribution in [0.1, 0.15) is 17.0 Å². The fourth-order valence-electron chi connectivity index (χ4n) is 3.74. The maximum atomic E-state index is 11.7. The van der Waals surface area contributed by atoms with E-state index in [4.69, 9.17) is 9.15 Å². The lowest BCUT2D eigenvalue weighted by molar-refractivity contribution is -0.112. The zero-order chi connectivity index (χ0) is 22.8. The Morgan fingerprint density at radius 1 is 1.09 bits per heavy atom. The van der Waals surface area contributed by atoms with Crippen LogP contribution in [0.15, 0.2) is 65.2 Å². The van der Waals surface area contributed by atoms with Crippen LogP contribution in [0.2, 0.25) is 0 Å². The second-order valence-corrected chi connectivity index (χ2v) is 8.77. The first-order chi connectivity index (χ1) is 16.0. The van der Waals surface area contributed by atoms with Gasteiger partial charge in [0.05, 0.1) is 12.3 Å². The van der Waals surface area contributed by atoms with Gasteiger partial charge in [0.15, 0.2) is 0 Å². The molecule has 5 rings (SSSR count). The molecule has 1 amide bonds. The highest BCUT2D eigenvalue weighted by Gasteiger charge is 2.31. The number of fused-ring (bicyclic) bond motifs is 1. The highest BCUT2D eigenvalue weighted by Crippen LogP contribution is 2.26. The Morgan fingerprint density at radius 2 is 1.94 bits per heavy atom. The van der Waals surface area contributed by atoms with Gasteiger partial charge >= 0.3 is 0 Å². The first-order valence-electron chi connectivity index (χ1n) is 10.6. The first-order valence-corrected chi connectivity index (χ1v) is 11.4. The molecule has 0 spiro atoms. The molecule has 4 aromatic rings. The van der Waals surface area contributed by atoms with E-state index in [1.165, 1.54) is 5.39 Å². The zero-order valence-corrected chi connectivity index (χ0v) is 18.7. The third-order valence-electron chi connectivity index (χ3n) is 5.49. The minimum absolute atomic E-state index is 0.161. The molecule has 0 saturated carbocycles. The Hall–Kier alpha value is -3.65. The Morgan fingerprint density at radius 3 is 2.70 bits per heavy atom. The summed E-state index contributed by atoms with van der Waals surface area (Å²) < 4.78 is 11.7. The molecule has 166 valence electrons. The van der Waals surface area contributed by atoms with E-state index in [9.17, 15) is 9.59 Å². The summed E-state index contributed by atoms with van der Waals surface area (Å²) in [6, 6.07) is 17.5. The van der Waals surface area contributed by atoms with Gasteiger partial charge in [0.1, 0.15) is 11.8 Å². The van der Waals surface area contributed by atoms with Crippen LogP contribution < -0.4 is 10.1 Å². The number of thioether (sulfide) groups is 1. The molecule has 33 heavy (non-hydrogen) atoms. The number of pyridine rings is 1. The Balaban J connectivity index is 1.18. The fourth-order valence-corrected chi connectivity index (χ4v) is 4.41. The number of nitrogens with one attached hydrogen (secondary N) is 1. The molecular weight excluding hydrogens is 438 g/mol. The number of oxazole rings is 1. The van der Waals surface area contributed by atoms with Crippen LogP contribution in [-0.4, -0.2) is 33.0 Å². The molecule has 8 heteroatoms. The summed E-state index contributed by atoms with van der Waals surface area (Å²) in [5.41, 5.74) is 2.65. The summed E-state index contributed by atoms with van der Waals surface area (Å²) in [4.78, 5) is 32.0. The molecule has 1 aliphatic rings. The minimum Gasteiger partial charge on any atom is -0.477 e. The SMILES string of the molecule is Cc1oc(-c2ccc3ccccc3c2)nc1CCOc1ccc(CC2NC(=O)SC2=O)cn1. The number of benzene rings is 2. The molecule has 1 N–H and O–H groups in total. The number of carbonyl (C=O) groups excluding carboxylic acids is 2. The largest absolute Gasteiger partial charge is 0.477 e. The second kappa shape index (κ2) is 9.07. The van der Waals surface area contributed by atoms with Gasteiger partial charge in [-0.1, -0.05) is 36.4 Å². The topological polar surface area (TPSA) is 94.3 Å². The summed E-state index contributed by atoms with van der Waals surface area (Å²) >= 11 is 0.714. The Labute approximate surface area is 194 Å². The molecule has 1 saturated heterocycles. The third-order valence-corrected chi connectivity index (χ3v) is 6.27. The maximum absolute atomic E-state index is 11.7. The first kappa shape index (κ1) is 21.2. The number of aryl methyl sites for hydroxylation is 1. The van der Waals surface area contributed by atoms with Crippen molar-refractivity contribution in [2.75, 3.05) is 6.61 Å². The highest BCUT2D eigenvalue weighted by molar-refractivity contribution is 8.26. The van der Waals surface area contributed by atoms with Gasteiger partial charge in [-0.2, -0.15) is 0 Å². The van der Waals surface area contributed by atoms with Crippen molar-refractivity contribution >= 4 is 32.9 Å². The van der Waals surface area contributed by atoms with Crippen molar-refractivity contribution in [1.29, 1.82) is 0 Å². The van der Waals surface area contributed by atoms with Crippen molar-refractivity contribution in [3.05, 3.63) is 77.8 Å². The van der Waals surface area contributed by atoms with Crippen molar-refractivity contribution in [3.63, 3.8) is 0 Å². The minimum atomic E-state index is -0.497. The van der Waals surface area contributed by atoms with Crippen molar-refractivity contribution in [2.45, 2.75) is 25.8 Å². The predicted molar refractivity (Wildman–Crippen MR) is 126 cm³/mol. The molecule has 0 bridgehead atoms. The number of hydrogen-bond donors (Lipinski definition) is 1. The monoisotopic (exact) mass is 459 g/mol. The lowest BCUT2D eigenvalue weighted by Gasteiger charge is -2.08. The van der Waals surface area contributed by atoms with Crippen LogP contribution in [0.5, 0.6) is 5.88 Å². The van der Waals surface area contributed by atoms with Gasteiger partial charge in [-0.15, -0.1) is 0 Å². The maximum Gasteiger partial charge on any atom is 0.287 e. The van der Waals surface area contributed by atoms with Crippen LogP contribution in [-0.2, 0) is 17.6 Å². The van der Waals surface area contributed by atoms with E-state index in [-0.39, 0.29) is 10.4 Å². The zero-order valence-electron chi connectivity index (χ0n) is 17.9. The number of amides is 1. The third kappa shape index (κ3) is 4.75. The molecule has 2 aromatic heterocycles. The summed E-state index contributed by atoms with van der Waals surface area (Å²) in [6.07, 6.45) is 2.67. The van der Waals surface area contributed by atoms with Gasteiger partial charge in [0, 0.05) is 42.4 Å². The lowest BCUT2D eigenvalue weighted by Crippen LogP contribution is -2.30. The number of hydrogen-bond acceptors (Lipinski definition) is 7. The summed E-state index contributed by atoms with van der Waals surface area (Å²) in [5, 5.41) is 4.50. The lowest BCUT2D eigenvalue weighted by atomic mass is 10.1. The van der Waals surface area contributed by atoms with Gasteiger partial charge in [-0.25, -0.2) is 9.97 Å². The molecule has 2 aromatic carbocycles. The van der Waals surface area contributed by atoms with Gasteiger partial charge in [0.2, 0.25) is 16.9 Å². The van der Waals surface area contributed by atoms with E-state index in [0.29, 0.717) is 43.0 Å². The van der Waals surface area contributed by atoms with Gasteiger partial charge < -0.3 is 14.5 Å². The normalized spacial score (nSPS) is 15.7. The molecular formula is C25H21N3O4S. The van der Waals surface area contributed by atoms with Crippen molar-refractivity contribution in [1.82, 2.24) is 15.3 Å². The molecule has 1 atom stereocenters. The summed E-state index contributed by atoms with van der Waals surface area (Å²) in [7, 11) is 0. The van der Waals surface area contributed by atoms with Crippen molar-refractivity contribution in [2.24, 2.45) is 0 Å². The Kier molecular flexibility index (Phi) is 5.83. The quantitative estimate of drug-likeness (QED) is 0.428. The molecule has 1 aliphatic heterocycles. The molecule has 7 nitrogen and oxygen atoms in total. The smallest absolute Gasteiger partial charge is 0.287 e. The number of aromatic nitrogens is 2. The summed E-state index contributed by atoms with van der Waals surface area (Å²) in [6.45, 7) is 2.31.